The van der Waals surface area contributed by atoms with E-state index < -0.39 is 0 Å². The third kappa shape index (κ3) is 3.22. The van der Waals surface area contributed by atoms with Crippen LogP contribution in [-0.2, 0) is 0 Å². The van der Waals surface area contributed by atoms with E-state index >= 15 is 0 Å². The average molecular weight is 349 g/mol. The number of rotatable bonds is 4. The van der Waals surface area contributed by atoms with Gasteiger partial charge < -0.3 is 9.42 Å². The Balaban J connectivity index is 1.45. The maximum atomic E-state index is 12.7. The summed E-state index contributed by atoms with van der Waals surface area (Å²) in [6, 6.07) is 15.6. The van der Waals surface area contributed by atoms with Crippen LogP contribution in [0.25, 0.3) is 11.3 Å². The van der Waals surface area contributed by atoms with E-state index in [1.165, 1.54) is 5.56 Å². The highest BCUT2D eigenvalue weighted by molar-refractivity contribution is 5.93. The number of amides is 1. The Morgan fingerprint density at radius 1 is 1.19 bits per heavy atom. The summed E-state index contributed by atoms with van der Waals surface area (Å²) in [5.74, 6) is 0.325. The highest BCUT2D eigenvalue weighted by Crippen LogP contribution is 2.24. The van der Waals surface area contributed by atoms with Crippen LogP contribution in [0.1, 0.15) is 28.5 Å². The van der Waals surface area contributed by atoms with E-state index in [0.717, 1.165) is 12.0 Å². The summed E-state index contributed by atoms with van der Waals surface area (Å²) in [4.78, 5) is 18.4. The highest BCUT2D eigenvalue weighted by Gasteiger charge is 2.31. The molecule has 3 heterocycles. The molecule has 1 amide bonds. The number of pyridine rings is 1. The van der Waals surface area contributed by atoms with Gasteiger partial charge in [0.15, 0.2) is 11.5 Å². The summed E-state index contributed by atoms with van der Waals surface area (Å²) < 4.78 is 5.30. The Bertz CT molecular complexity index is 881. The number of hydrogen-bond acceptors (Lipinski definition) is 6. The summed E-state index contributed by atoms with van der Waals surface area (Å²) >= 11 is 0. The van der Waals surface area contributed by atoms with E-state index in [2.05, 4.69) is 33.1 Å². The van der Waals surface area contributed by atoms with Gasteiger partial charge in [-0.2, -0.15) is 0 Å². The van der Waals surface area contributed by atoms with Gasteiger partial charge in [-0.3, -0.25) is 9.78 Å². The van der Waals surface area contributed by atoms with Crippen molar-refractivity contribution in [2.45, 2.75) is 18.6 Å². The van der Waals surface area contributed by atoms with Crippen molar-refractivity contribution in [1.29, 1.82) is 0 Å². The van der Waals surface area contributed by atoms with Crippen molar-refractivity contribution in [3.63, 3.8) is 0 Å². The van der Waals surface area contributed by atoms with Crippen LogP contribution in [0, 0.1) is 0 Å². The maximum absolute atomic E-state index is 12.7. The smallest absolute Gasteiger partial charge is 0.277 e. The Morgan fingerprint density at radius 3 is 2.81 bits per heavy atom. The fourth-order valence-corrected chi connectivity index (χ4v) is 3.04. The first kappa shape index (κ1) is 16.4. The van der Waals surface area contributed by atoms with Gasteiger partial charge in [-0.25, -0.2) is 10.9 Å². The lowest BCUT2D eigenvalue weighted by atomic mass is 10.0. The van der Waals surface area contributed by atoms with Crippen LogP contribution in [0.2, 0.25) is 0 Å². The molecule has 3 aromatic rings. The predicted octanol–water partition coefficient (Wildman–Crippen LogP) is 2.37. The quantitative estimate of drug-likeness (QED) is 0.752. The number of carbonyl (C=O) groups excluding carboxylic acids is 1. The molecule has 1 saturated heterocycles. The first-order valence-electron chi connectivity index (χ1n) is 8.42. The minimum atomic E-state index is -0.197. The zero-order valence-electron chi connectivity index (χ0n) is 14.3. The molecular weight excluding hydrogens is 330 g/mol. The van der Waals surface area contributed by atoms with Crippen LogP contribution in [0.5, 0.6) is 0 Å². The predicted molar refractivity (Wildman–Crippen MR) is 95.7 cm³/mol. The first-order chi connectivity index (χ1) is 12.7. The SMILES string of the molecule is CN(C(=O)c1cc(-c2cccnc2)on1)C1CC(c2ccccc2)NN1. The molecule has 2 unspecified atom stereocenters. The summed E-state index contributed by atoms with van der Waals surface area (Å²) in [6.07, 6.45) is 3.98. The van der Waals surface area contributed by atoms with Crippen molar-refractivity contribution in [3.05, 3.63) is 72.2 Å². The van der Waals surface area contributed by atoms with Crippen LogP contribution < -0.4 is 10.9 Å². The summed E-state index contributed by atoms with van der Waals surface area (Å²) in [5.41, 5.74) is 8.67. The van der Waals surface area contributed by atoms with Gasteiger partial charge >= 0.3 is 0 Å². The number of benzene rings is 1. The van der Waals surface area contributed by atoms with E-state index in [-0.39, 0.29) is 23.8 Å². The molecule has 7 heteroatoms. The molecular formula is C19H19N5O2. The lowest BCUT2D eigenvalue weighted by molar-refractivity contribution is 0.0702. The van der Waals surface area contributed by atoms with Crippen LogP contribution >= 0.6 is 0 Å². The van der Waals surface area contributed by atoms with Crippen LogP contribution in [0.4, 0.5) is 0 Å². The summed E-state index contributed by atoms with van der Waals surface area (Å²) in [7, 11) is 1.76. The maximum Gasteiger partial charge on any atom is 0.277 e. The molecule has 2 N–H and O–H groups in total. The fraction of sp³-hybridized carbons (Fsp3) is 0.211. The van der Waals surface area contributed by atoms with Gasteiger partial charge in [-0.1, -0.05) is 35.5 Å². The van der Waals surface area contributed by atoms with Crippen LogP contribution in [-0.4, -0.2) is 34.2 Å². The minimum Gasteiger partial charge on any atom is -0.355 e. The second-order valence-electron chi connectivity index (χ2n) is 6.24. The molecule has 0 spiro atoms. The lowest BCUT2D eigenvalue weighted by Crippen LogP contribution is -2.45. The van der Waals surface area contributed by atoms with Gasteiger partial charge in [0.05, 0.1) is 6.17 Å². The van der Waals surface area contributed by atoms with Gasteiger partial charge in [0.25, 0.3) is 5.91 Å². The van der Waals surface area contributed by atoms with E-state index in [4.69, 9.17) is 4.52 Å². The average Bonchev–Trinajstić information content (AvgIpc) is 3.38. The number of carbonyl (C=O) groups is 1. The van der Waals surface area contributed by atoms with E-state index in [1.54, 1.807) is 30.4 Å². The molecule has 26 heavy (non-hydrogen) atoms. The molecule has 0 saturated carbocycles. The lowest BCUT2D eigenvalue weighted by Gasteiger charge is -2.22. The molecule has 0 bridgehead atoms. The number of nitrogens with zero attached hydrogens (tertiary/aromatic N) is 3. The molecule has 1 fully saturated rings. The van der Waals surface area contributed by atoms with Crippen molar-refractivity contribution >= 4 is 5.91 Å². The van der Waals surface area contributed by atoms with E-state index in [1.807, 2.05) is 30.3 Å². The molecule has 1 aliphatic rings. The molecule has 1 aliphatic heterocycles. The van der Waals surface area contributed by atoms with Crippen molar-refractivity contribution in [1.82, 2.24) is 25.9 Å². The molecule has 2 atom stereocenters. The molecule has 4 rings (SSSR count). The largest absolute Gasteiger partial charge is 0.355 e. The van der Waals surface area contributed by atoms with Gasteiger partial charge in [0.1, 0.15) is 0 Å². The number of aromatic nitrogens is 2. The molecule has 1 aromatic carbocycles. The second kappa shape index (κ2) is 7.07. The molecule has 0 radical (unpaired) electrons. The van der Waals surface area contributed by atoms with Gasteiger partial charge in [-0.05, 0) is 17.7 Å². The van der Waals surface area contributed by atoms with Gasteiger partial charge in [0.2, 0.25) is 0 Å². The molecule has 0 aliphatic carbocycles. The zero-order chi connectivity index (χ0) is 17.9. The van der Waals surface area contributed by atoms with Crippen molar-refractivity contribution in [2.75, 3.05) is 7.05 Å². The third-order valence-corrected chi connectivity index (χ3v) is 4.55. The Hall–Kier alpha value is -3.03. The van der Waals surface area contributed by atoms with Crippen molar-refractivity contribution in [2.24, 2.45) is 0 Å². The third-order valence-electron chi connectivity index (χ3n) is 4.55. The normalized spacial score (nSPS) is 19.4. The zero-order valence-corrected chi connectivity index (χ0v) is 14.3. The van der Waals surface area contributed by atoms with E-state index in [9.17, 15) is 4.79 Å². The van der Waals surface area contributed by atoms with E-state index in [0.29, 0.717) is 5.76 Å². The Morgan fingerprint density at radius 2 is 2.04 bits per heavy atom. The Kier molecular flexibility index (Phi) is 4.47. The first-order valence-corrected chi connectivity index (χ1v) is 8.42. The minimum absolute atomic E-state index is 0.133. The van der Waals surface area contributed by atoms with Crippen molar-refractivity contribution < 1.29 is 9.32 Å². The monoisotopic (exact) mass is 349 g/mol. The number of nitrogens with one attached hydrogen (secondary N) is 2. The summed E-state index contributed by atoms with van der Waals surface area (Å²) in [5, 5.41) is 3.92. The van der Waals surface area contributed by atoms with Crippen LogP contribution in [0.15, 0.2) is 65.4 Å². The Labute approximate surface area is 151 Å². The molecule has 2 aromatic heterocycles. The highest BCUT2D eigenvalue weighted by atomic mass is 16.5. The number of hydrogen-bond donors (Lipinski definition) is 2. The van der Waals surface area contributed by atoms with Crippen LogP contribution in [0.3, 0.4) is 0 Å². The van der Waals surface area contributed by atoms with Crippen molar-refractivity contribution in [3.8, 4) is 11.3 Å². The summed E-state index contributed by atoms with van der Waals surface area (Å²) in [6.45, 7) is 0. The van der Waals surface area contributed by atoms with Gasteiger partial charge in [0, 0.05) is 43.5 Å². The fourth-order valence-electron chi connectivity index (χ4n) is 3.04. The topological polar surface area (TPSA) is 83.3 Å². The number of hydrazine groups is 1. The molecule has 7 nitrogen and oxygen atoms in total. The van der Waals surface area contributed by atoms with Gasteiger partial charge in [-0.15, -0.1) is 0 Å². The standard InChI is InChI=1S/C19H19N5O2/c1-24(18-11-15(21-22-18)13-6-3-2-4-7-13)19(25)16-10-17(26-23-16)14-8-5-9-20-12-14/h2-10,12,15,18,21-22H,11H2,1H3. The molecule has 132 valence electrons. The second-order valence-corrected chi connectivity index (χ2v) is 6.24.